The Labute approximate surface area is 704 Å². The summed E-state index contributed by atoms with van der Waals surface area (Å²) < 4.78 is 157. The van der Waals surface area contributed by atoms with Crippen molar-refractivity contribution in [2.45, 2.75) is 158 Å². The monoisotopic (exact) mass is 1840 g/mol. The van der Waals surface area contributed by atoms with Crippen LogP contribution in [0.15, 0.2) is 144 Å². The number of aryl methyl sites for hydroxylation is 2. The molecule has 0 amide bonds. The Bertz CT molecular complexity index is 6530. The largest absolute Gasteiger partial charge is 0.485 e. The van der Waals surface area contributed by atoms with Crippen LogP contribution in [0.25, 0.3) is 33.5 Å². The van der Waals surface area contributed by atoms with Crippen LogP contribution in [0.4, 0.5) is 17.8 Å². The van der Waals surface area contributed by atoms with Crippen molar-refractivity contribution in [2.24, 2.45) is 0 Å². The smallest absolute Gasteiger partial charge is 0.472 e. The second-order valence-corrected chi connectivity index (χ2v) is 35.3. The maximum absolute atomic E-state index is 14.6. The fourth-order valence-electron chi connectivity index (χ4n) is 14.7. The summed E-state index contributed by atoms with van der Waals surface area (Å²) >= 11 is 0. The molecule has 0 bridgehead atoms. The molecule has 16 rings (SSSR count). The molecule has 55 heteroatoms. The number of nitrogens with one attached hydrogen (secondary N) is 5. The number of nitrogens with two attached hydrogens (primary N) is 3. The molecule has 0 saturated carbocycles. The van der Waals surface area contributed by atoms with Crippen molar-refractivity contribution < 1.29 is 117 Å². The summed E-state index contributed by atoms with van der Waals surface area (Å²) in [5.74, 6) is -0.172. The minimum absolute atomic E-state index is 0.000199. The number of fused-ring (bicyclic) bond motifs is 3. The van der Waals surface area contributed by atoms with E-state index in [0.29, 0.717) is 17.1 Å². The molecule has 0 radical (unpaired) electrons. The Kier molecular flexibility index (Phi) is 25.7. The number of rotatable bonds is 35. The van der Waals surface area contributed by atoms with E-state index in [4.69, 9.17) is 91.3 Å². The highest BCUT2D eigenvalue weighted by molar-refractivity contribution is 7.48. The van der Waals surface area contributed by atoms with Crippen LogP contribution in [0, 0.1) is 13.8 Å². The quantitative estimate of drug-likeness (QED) is 0.0253. The van der Waals surface area contributed by atoms with Gasteiger partial charge in [-0.15, -0.1) is 0 Å². The lowest BCUT2D eigenvalue weighted by molar-refractivity contribution is -0.0715. The molecule has 5 saturated heterocycles. The first-order chi connectivity index (χ1) is 60.1. The van der Waals surface area contributed by atoms with Crippen LogP contribution < -0.4 is 65.9 Å². The third-order valence-corrected chi connectivity index (χ3v) is 24.9. The lowest BCUT2D eigenvalue weighted by Crippen LogP contribution is -2.33. The zero-order valence-electron chi connectivity index (χ0n) is 65.9. The standard InChI is InChI=1S/C71H81N19O32P4/c1-34-21-86(70(97)84-62(34)92)52-17-42(47(115-52)26-107-23-38-13-14-40(108-24-36-9-5-3-6-10-36)41(15-38)109-25-37-11-7-4-8-12-37)119-124(101,102)111-28-48-43(18-53(116-48)87-22-35(2)63(93)85-71(87)98)120-125(103,104)112-30-50-45(20-55(118-50)90-33-77-58-61(90)80-69(74)83-66(58)96)122-126(105,106)113-29-49-44(19-54(117-49)89-32-76-57-60(89)79-68(73)82-65(57)95)121-123(99,100)110-27-46-39(91)16-51(114-46)88-31-75-56-59(88)78-67(72)81-64(56)94/h3-15,21-22,31-33,39,42-55,91H,16-20,23-30H2,1-2H3,(H,99,100)(H,101,102)(H,103,104)(H,105,106)(H,84,92,97)(H,85,93,98)(H3,72,78,81,94)(H3,73,79,82,95)(H3,74,80,83,96)/t39-,42-,43-,44-,45-,46+,47+,48+,49+,50+,51+,52+,53+,54+,55+/m0/s1. The molecule has 0 aliphatic carbocycles. The number of ether oxygens (including phenoxy) is 8. The number of hydrogen-bond donors (Lipinski definition) is 13. The maximum atomic E-state index is 14.6. The topological polar surface area (TPSA) is 696 Å². The first-order valence-corrected chi connectivity index (χ1v) is 44.5. The number of anilines is 3. The van der Waals surface area contributed by atoms with Crippen LogP contribution in [0.5, 0.6) is 11.5 Å². The van der Waals surface area contributed by atoms with Crippen molar-refractivity contribution >= 4 is 82.6 Å². The Balaban J connectivity index is 0.610. The normalized spacial score (nSPS) is 25.8. The van der Waals surface area contributed by atoms with E-state index in [0.717, 1.165) is 39.1 Å². The first kappa shape index (κ1) is 88.7. The Hall–Kier alpha value is -10.8. The van der Waals surface area contributed by atoms with Crippen molar-refractivity contribution in [3.63, 3.8) is 0 Å². The molecule has 126 heavy (non-hydrogen) atoms. The van der Waals surface area contributed by atoms with Gasteiger partial charge in [0.2, 0.25) is 17.8 Å². The maximum Gasteiger partial charge on any atom is 0.472 e. The SMILES string of the molecule is Cc1cn([C@H]2C[C@H](OP(=O)(O)OC[C@H]3O[C@@H](n4cc(C)c(=O)[nH]c4=O)C[C@@H]3OP(=O)(O)OC[C@H]3O[C@@H](n4cnc5c(=O)[nH]c(N)nc54)C[C@@H]3OP(=O)(O)OC[C@H]3O[C@@H](n4cnc5c(=O)[nH]c(N)nc54)C[C@@H]3OP(=O)(O)OC[C@H]3O[C@@H](n4cnc5c(=O)[nH]c(N)nc54)C[C@@H]3O)[C@@H](COCc3ccc(OCc4ccccc4)c(OCc4ccccc4)c3)O2)c(=O)[nH]c1=O. The van der Waals surface area contributed by atoms with E-state index in [1.165, 1.54) is 40.1 Å². The van der Waals surface area contributed by atoms with Crippen LogP contribution >= 0.6 is 31.3 Å². The fourth-order valence-corrected chi connectivity index (χ4v) is 18.6. The predicted molar refractivity (Wildman–Crippen MR) is 429 cm³/mol. The highest BCUT2D eigenvalue weighted by Gasteiger charge is 2.51. The van der Waals surface area contributed by atoms with Crippen molar-refractivity contribution in [1.29, 1.82) is 0 Å². The molecule has 8 aromatic heterocycles. The summed E-state index contributed by atoms with van der Waals surface area (Å²) in [4.78, 5) is 173. The first-order valence-electron chi connectivity index (χ1n) is 38.5. The molecule has 3 aromatic carbocycles. The molecule has 13 heterocycles. The Morgan fingerprint density at radius 3 is 1.12 bits per heavy atom. The summed E-state index contributed by atoms with van der Waals surface area (Å²) in [5.41, 5.74) is 13.5. The number of aromatic amines is 5. The number of benzene rings is 3. The Morgan fingerprint density at radius 2 is 0.738 bits per heavy atom. The second-order valence-electron chi connectivity index (χ2n) is 29.7. The van der Waals surface area contributed by atoms with Crippen molar-refractivity contribution in [3.8, 4) is 11.5 Å². The number of nitrogens with zero attached hydrogens (tertiary/aromatic N) is 11. The summed E-state index contributed by atoms with van der Waals surface area (Å²) in [5, 5.41) is 11.1. The van der Waals surface area contributed by atoms with E-state index >= 15 is 0 Å². The van der Waals surface area contributed by atoms with E-state index in [1.54, 1.807) is 18.2 Å². The molecule has 16 N–H and O–H groups in total. The van der Waals surface area contributed by atoms with Gasteiger partial charge in [-0.05, 0) is 42.7 Å². The van der Waals surface area contributed by atoms with Crippen LogP contribution in [0.2, 0.25) is 0 Å². The minimum Gasteiger partial charge on any atom is -0.485 e. The number of hydrogen-bond acceptors (Lipinski definition) is 37. The molecule has 51 nitrogen and oxygen atoms in total. The summed E-state index contributed by atoms with van der Waals surface area (Å²) in [6, 6.07) is 24.0. The molecule has 5 aliphatic heterocycles. The van der Waals surface area contributed by atoms with Gasteiger partial charge in [-0.1, -0.05) is 66.7 Å². The molecular weight excluding hydrogens is 1750 g/mol. The number of aromatic nitrogens is 16. The minimum atomic E-state index is -5.63. The van der Waals surface area contributed by atoms with Crippen LogP contribution in [0.3, 0.4) is 0 Å². The average Bonchev–Trinajstić information content (AvgIpc) is 1.62. The number of H-pyrrole nitrogens is 5. The number of aliphatic hydroxyl groups excluding tert-OH is 1. The van der Waals surface area contributed by atoms with Gasteiger partial charge in [-0.25, -0.2) is 42.8 Å². The van der Waals surface area contributed by atoms with Gasteiger partial charge in [0, 0.05) is 55.6 Å². The number of imidazole rings is 3. The zero-order chi connectivity index (χ0) is 88.8. The molecule has 672 valence electrons. The van der Waals surface area contributed by atoms with Gasteiger partial charge >= 0.3 is 42.7 Å². The highest BCUT2D eigenvalue weighted by Crippen LogP contribution is 2.56. The molecular formula is C71H81N19O32P4. The van der Waals surface area contributed by atoms with E-state index in [2.05, 4.69) is 54.8 Å². The number of phosphoric ester groups is 4. The van der Waals surface area contributed by atoms with Gasteiger partial charge in [0.1, 0.15) is 99.3 Å². The van der Waals surface area contributed by atoms with E-state index in [9.17, 15) is 76.5 Å². The number of nitrogen functional groups attached to an aromatic ring is 3. The predicted octanol–water partition coefficient (Wildman–Crippen LogP) is 2.03. The van der Waals surface area contributed by atoms with E-state index in [1.807, 2.05) is 60.7 Å². The highest BCUT2D eigenvalue weighted by atomic mass is 31.2. The molecule has 4 unspecified atom stereocenters. The van der Waals surface area contributed by atoms with Crippen LogP contribution in [-0.2, 0) is 103 Å². The van der Waals surface area contributed by atoms with E-state index < -0.39 is 208 Å². The van der Waals surface area contributed by atoms with Gasteiger partial charge < -0.3 is 79.8 Å². The lowest BCUT2D eigenvalue weighted by atomic mass is 10.2. The molecule has 11 aromatic rings. The second kappa shape index (κ2) is 36.5. The van der Waals surface area contributed by atoms with Gasteiger partial charge in [-0.3, -0.25) is 108 Å². The third-order valence-electron chi connectivity index (χ3n) is 20.8. The number of aliphatic hydroxyl groups is 1. The molecule has 0 spiro atoms. The number of phosphoric acid groups is 4. The van der Waals surface area contributed by atoms with Crippen molar-refractivity contribution in [2.75, 3.05) is 50.2 Å². The fraction of sp³-hybridized carbons (Fsp3) is 0.423. The van der Waals surface area contributed by atoms with Crippen LogP contribution in [-0.4, -0.2) is 196 Å². The summed E-state index contributed by atoms with van der Waals surface area (Å²) in [6.45, 7) is -1.31. The van der Waals surface area contributed by atoms with Gasteiger partial charge in [0.05, 0.1) is 64.7 Å². The average molecular weight is 1840 g/mol. The zero-order valence-corrected chi connectivity index (χ0v) is 69.5. The van der Waals surface area contributed by atoms with Gasteiger partial charge in [0.25, 0.3) is 27.8 Å². The molecule has 5 fully saturated rings. The summed E-state index contributed by atoms with van der Waals surface area (Å²) in [7, 11) is -22.0. The lowest BCUT2D eigenvalue weighted by Gasteiger charge is -2.26. The van der Waals surface area contributed by atoms with Gasteiger partial charge in [0.15, 0.2) is 45.0 Å². The molecule has 19 atom stereocenters. The van der Waals surface area contributed by atoms with Crippen molar-refractivity contribution in [1.82, 2.24) is 77.7 Å². The van der Waals surface area contributed by atoms with Crippen molar-refractivity contribution in [3.05, 3.63) is 211 Å². The van der Waals surface area contributed by atoms with Crippen LogP contribution in [0.1, 0.15) is 91.1 Å². The molecule has 5 aliphatic rings. The third kappa shape index (κ3) is 20.3. The van der Waals surface area contributed by atoms with Gasteiger partial charge in [-0.2, -0.15) is 15.0 Å². The van der Waals surface area contributed by atoms with E-state index in [-0.39, 0.29) is 102 Å². The Morgan fingerprint density at radius 1 is 0.405 bits per heavy atom. The summed E-state index contributed by atoms with van der Waals surface area (Å²) in [6.07, 6.45) is -18.6.